The minimum atomic E-state index is -0.680. The molecule has 4 heterocycles. The second-order valence-electron chi connectivity index (χ2n) is 15.3. The van der Waals surface area contributed by atoms with Crippen LogP contribution in [0.5, 0.6) is 0 Å². The maximum absolute atomic E-state index is 14.7. The monoisotopic (exact) mass is 685 g/mol. The van der Waals surface area contributed by atoms with Crippen LogP contribution in [0.1, 0.15) is 106 Å². The smallest absolute Gasteiger partial charge is 0.411 e. The Labute approximate surface area is 293 Å². The lowest BCUT2D eigenvalue weighted by Gasteiger charge is -2.38. The summed E-state index contributed by atoms with van der Waals surface area (Å²) < 4.78 is 22.2. The van der Waals surface area contributed by atoms with Crippen LogP contribution in [0.25, 0.3) is 16.6 Å². The standard InChI is InChI=1S/C39H48FN5O5/c1-9-42(23(2)3)35(47)29-21-27(40)10-11-30(29)44-25(5)33(28-13-18-41-22-32(28)44)34(46)26-14-19-43(24(4)20-26)36(48)31-12-15-39(16-17-39)45(31)37(49)50-38(6,7)8/h10-11,13,18,21-23,26,31H,4,9,12,14-17,19-20H2,1-3,5-8H3/t26-,31+/m1/s1. The molecule has 266 valence electrons. The van der Waals surface area contributed by atoms with Gasteiger partial charge in [0.15, 0.2) is 5.78 Å². The van der Waals surface area contributed by atoms with E-state index < -0.39 is 29.5 Å². The molecule has 1 aromatic carbocycles. The van der Waals surface area contributed by atoms with Crippen LogP contribution in [-0.4, -0.2) is 84.3 Å². The molecule has 3 aromatic rings. The number of hydrogen-bond acceptors (Lipinski definition) is 6. The summed E-state index contributed by atoms with van der Waals surface area (Å²) in [6.07, 6.45) is 6.58. The van der Waals surface area contributed by atoms with Gasteiger partial charge in [0.2, 0.25) is 5.91 Å². The Morgan fingerprint density at radius 1 is 1.12 bits per heavy atom. The van der Waals surface area contributed by atoms with Crippen molar-refractivity contribution < 1.29 is 28.3 Å². The highest BCUT2D eigenvalue weighted by molar-refractivity contribution is 6.11. The molecule has 50 heavy (non-hydrogen) atoms. The van der Waals surface area contributed by atoms with Gasteiger partial charge in [-0.3, -0.25) is 24.3 Å². The molecule has 2 saturated heterocycles. The number of pyridine rings is 1. The van der Waals surface area contributed by atoms with E-state index in [0.29, 0.717) is 59.5 Å². The third-order valence-electron chi connectivity index (χ3n) is 10.5. The van der Waals surface area contributed by atoms with Crippen molar-refractivity contribution in [3.05, 3.63) is 71.6 Å². The number of amides is 3. The van der Waals surface area contributed by atoms with E-state index in [4.69, 9.17) is 4.74 Å². The average molecular weight is 686 g/mol. The van der Waals surface area contributed by atoms with Crippen LogP contribution < -0.4 is 0 Å². The number of allylic oxidation sites excluding steroid dienone is 1. The lowest BCUT2D eigenvalue weighted by molar-refractivity contribution is -0.135. The zero-order valence-corrected chi connectivity index (χ0v) is 30.2. The highest BCUT2D eigenvalue weighted by Gasteiger charge is 2.60. The molecule has 2 aliphatic heterocycles. The third kappa shape index (κ3) is 6.20. The molecule has 10 nitrogen and oxygen atoms in total. The van der Waals surface area contributed by atoms with Gasteiger partial charge in [-0.15, -0.1) is 0 Å². The molecule has 2 aromatic heterocycles. The van der Waals surface area contributed by atoms with Crippen LogP contribution in [-0.2, 0) is 9.53 Å². The number of rotatable bonds is 7. The van der Waals surface area contributed by atoms with E-state index in [2.05, 4.69) is 11.6 Å². The van der Waals surface area contributed by atoms with Gasteiger partial charge in [0.25, 0.3) is 5.91 Å². The van der Waals surface area contributed by atoms with Gasteiger partial charge in [-0.1, -0.05) is 6.58 Å². The zero-order valence-electron chi connectivity index (χ0n) is 30.2. The summed E-state index contributed by atoms with van der Waals surface area (Å²) in [6.45, 7) is 18.0. The van der Waals surface area contributed by atoms with E-state index in [0.717, 1.165) is 19.3 Å². The van der Waals surface area contributed by atoms with E-state index in [1.54, 1.807) is 39.2 Å². The maximum atomic E-state index is 14.7. The van der Waals surface area contributed by atoms with Gasteiger partial charge in [-0.2, -0.15) is 0 Å². The summed E-state index contributed by atoms with van der Waals surface area (Å²) >= 11 is 0. The van der Waals surface area contributed by atoms with E-state index in [1.165, 1.54) is 12.1 Å². The van der Waals surface area contributed by atoms with Crippen molar-refractivity contribution in [3.8, 4) is 5.69 Å². The molecule has 2 atom stereocenters. The molecule has 3 aliphatic rings. The molecule has 1 spiro atoms. The summed E-state index contributed by atoms with van der Waals surface area (Å²) in [5.74, 6) is -1.54. The van der Waals surface area contributed by atoms with Crippen molar-refractivity contribution >= 4 is 34.6 Å². The fourth-order valence-corrected chi connectivity index (χ4v) is 7.96. The van der Waals surface area contributed by atoms with Crippen molar-refractivity contribution in [2.75, 3.05) is 13.1 Å². The molecule has 1 aliphatic carbocycles. The number of Topliss-reactive ketones (excluding diaryl/α,β-unsaturated/α-hetero) is 1. The van der Waals surface area contributed by atoms with Gasteiger partial charge in [0, 0.05) is 59.1 Å². The van der Waals surface area contributed by atoms with Gasteiger partial charge in [0.1, 0.15) is 17.5 Å². The first-order chi connectivity index (χ1) is 23.6. The molecule has 11 heteroatoms. The number of halogens is 1. The molecule has 6 rings (SSSR count). The van der Waals surface area contributed by atoms with Crippen LogP contribution in [0.4, 0.5) is 9.18 Å². The number of ether oxygens (including phenoxy) is 1. The van der Waals surface area contributed by atoms with Crippen molar-refractivity contribution in [3.63, 3.8) is 0 Å². The van der Waals surface area contributed by atoms with Gasteiger partial charge in [-0.05, 0) is 111 Å². The Bertz CT molecular complexity index is 1890. The Morgan fingerprint density at radius 3 is 2.46 bits per heavy atom. The Morgan fingerprint density at radius 2 is 1.84 bits per heavy atom. The van der Waals surface area contributed by atoms with Gasteiger partial charge in [0.05, 0.1) is 23.0 Å². The van der Waals surface area contributed by atoms with Crippen LogP contribution in [0, 0.1) is 18.7 Å². The molecule has 1 saturated carbocycles. The average Bonchev–Trinajstić information content (AvgIpc) is 3.63. The van der Waals surface area contributed by atoms with E-state index in [1.807, 2.05) is 53.0 Å². The maximum Gasteiger partial charge on any atom is 0.411 e. The number of aromatic nitrogens is 2. The highest BCUT2D eigenvalue weighted by atomic mass is 19.1. The van der Waals surface area contributed by atoms with Crippen molar-refractivity contribution in [2.45, 2.75) is 110 Å². The number of hydrogen-bond donors (Lipinski definition) is 0. The van der Waals surface area contributed by atoms with Crippen LogP contribution >= 0.6 is 0 Å². The third-order valence-corrected chi connectivity index (χ3v) is 10.5. The Hall–Kier alpha value is -4.54. The molecule has 0 N–H and O–H groups in total. The Balaban J connectivity index is 1.28. The minimum Gasteiger partial charge on any atom is -0.444 e. The fourth-order valence-electron chi connectivity index (χ4n) is 7.96. The first-order valence-electron chi connectivity index (χ1n) is 17.7. The van der Waals surface area contributed by atoms with E-state index in [9.17, 15) is 23.6 Å². The number of fused-ring (bicyclic) bond motifs is 1. The molecule has 3 fully saturated rings. The van der Waals surface area contributed by atoms with E-state index >= 15 is 0 Å². The summed E-state index contributed by atoms with van der Waals surface area (Å²) in [6, 6.07) is 5.21. The molecule has 3 amide bonds. The summed E-state index contributed by atoms with van der Waals surface area (Å²) in [4.78, 5) is 64.9. The second kappa shape index (κ2) is 13.0. The highest BCUT2D eigenvalue weighted by Crippen LogP contribution is 2.53. The fraction of sp³-hybridized carbons (Fsp3) is 0.513. The van der Waals surface area contributed by atoms with Crippen LogP contribution in [0.15, 0.2) is 48.9 Å². The normalized spacial score (nSPS) is 20.1. The zero-order chi connectivity index (χ0) is 36.3. The van der Waals surface area contributed by atoms with E-state index in [-0.39, 0.29) is 41.2 Å². The van der Waals surface area contributed by atoms with Crippen molar-refractivity contribution in [1.29, 1.82) is 0 Å². The topological polar surface area (TPSA) is 105 Å². The molecule has 0 unspecified atom stereocenters. The summed E-state index contributed by atoms with van der Waals surface area (Å²) in [7, 11) is 0. The second-order valence-corrected chi connectivity index (χ2v) is 15.3. The summed E-state index contributed by atoms with van der Waals surface area (Å²) in [5, 5.41) is 0.680. The number of carbonyl (C=O) groups excluding carboxylic acids is 4. The lowest BCUT2D eigenvalue weighted by atomic mass is 9.86. The molecule has 0 bridgehead atoms. The molecular weight excluding hydrogens is 637 g/mol. The SMILES string of the molecule is C=C1C[C@H](C(=O)c2c(C)n(-c3ccc(F)cc3C(=O)N(CC)C(C)C)c3cnccc23)CCN1C(=O)[C@@H]1CCC2(CC2)N1C(=O)OC(C)(C)C. The predicted molar refractivity (Wildman–Crippen MR) is 189 cm³/mol. The molecule has 0 radical (unpaired) electrons. The number of ketones is 1. The molecular formula is C39H48FN5O5. The van der Waals surface area contributed by atoms with Crippen LogP contribution in [0.2, 0.25) is 0 Å². The predicted octanol–water partition coefficient (Wildman–Crippen LogP) is 7.21. The van der Waals surface area contributed by atoms with Crippen molar-refractivity contribution in [1.82, 2.24) is 24.3 Å². The van der Waals surface area contributed by atoms with Gasteiger partial charge >= 0.3 is 6.09 Å². The first kappa shape index (κ1) is 35.3. The van der Waals surface area contributed by atoms with Gasteiger partial charge in [-0.25, -0.2) is 9.18 Å². The van der Waals surface area contributed by atoms with Crippen LogP contribution in [0.3, 0.4) is 0 Å². The number of benzene rings is 1. The van der Waals surface area contributed by atoms with Crippen molar-refractivity contribution in [2.24, 2.45) is 5.92 Å². The lowest BCUT2D eigenvalue weighted by Crippen LogP contribution is -2.53. The quantitative estimate of drug-likeness (QED) is 0.244. The minimum absolute atomic E-state index is 0.0915. The number of nitrogens with zero attached hydrogens (tertiary/aromatic N) is 5. The first-order valence-corrected chi connectivity index (χ1v) is 17.7. The number of piperidine rings is 1. The number of carbonyl (C=O) groups is 4. The number of likely N-dealkylation sites (tertiary alicyclic amines) is 2. The Kier molecular flexibility index (Phi) is 9.16. The summed E-state index contributed by atoms with van der Waals surface area (Å²) in [5.41, 5.74) is 1.97. The largest absolute Gasteiger partial charge is 0.444 e. The van der Waals surface area contributed by atoms with Gasteiger partial charge < -0.3 is 19.1 Å².